The molecule has 2 nitrogen and oxygen atoms in total. The van der Waals surface area contributed by atoms with E-state index in [1.165, 1.54) is 0 Å². The Labute approximate surface area is 87.3 Å². The van der Waals surface area contributed by atoms with E-state index in [-0.39, 0.29) is 5.41 Å². The maximum absolute atomic E-state index is 10.1. The summed E-state index contributed by atoms with van der Waals surface area (Å²) in [5.74, 6) is 0. The quantitative estimate of drug-likeness (QED) is 0.734. The molecule has 1 fully saturated rings. The first-order valence-electron chi connectivity index (χ1n) is 5.74. The molecule has 2 N–H and O–H groups in total. The van der Waals surface area contributed by atoms with Crippen LogP contribution in [0, 0.1) is 5.41 Å². The number of hydrogen-bond donors (Lipinski definition) is 2. The fourth-order valence-electron chi connectivity index (χ4n) is 2.16. The van der Waals surface area contributed by atoms with Crippen molar-refractivity contribution in [1.29, 1.82) is 0 Å². The van der Waals surface area contributed by atoms with Crippen molar-refractivity contribution >= 4 is 0 Å². The zero-order chi connectivity index (χ0) is 10.8. The van der Waals surface area contributed by atoms with Crippen LogP contribution < -0.4 is 0 Å². The number of hydrogen-bond acceptors (Lipinski definition) is 2. The first-order valence-corrected chi connectivity index (χ1v) is 5.74. The van der Waals surface area contributed by atoms with E-state index in [1.54, 1.807) is 0 Å². The highest BCUT2D eigenvalue weighted by molar-refractivity contribution is 4.91. The van der Waals surface area contributed by atoms with Crippen LogP contribution in [0.5, 0.6) is 0 Å². The maximum atomic E-state index is 10.1. The molecule has 84 valence electrons. The molecule has 0 bridgehead atoms. The lowest BCUT2D eigenvalue weighted by atomic mass is 9.84. The molecule has 0 spiro atoms. The van der Waals surface area contributed by atoms with Crippen LogP contribution in [0.2, 0.25) is 0 Å². The summed E-state index contributed by atoms with van der Waals surface area (Å²) in [6, 6.07) is 0. The molecule has 0 aliphatic heterocycles. The fraction of sp³-hybridized carbons (Fsp3) is 1.00. The largest absolute Gasteiger partial charge is 0.390 e. The normalized spacial score (nSPS) is 23.8. The molecule has 0 aromatic carbocycles. The van der Waals surface area contributed by atoms with Gasteiger partial charge in [-0.05, 0) is 31.1 Å². The minimum absolute atomic E-state index is 0.246. The molecule has 1 aliphatic rings. The number of aliphatic hydroxyl groups excluding tert-OH is 1. The van der Waals surface area contributed by atoms with Gasteiger partial charge in [0, 0.05) is 0 Å². The molecule has 1 unspecified atom stereocenters. The standard InChI is InChI=1S/C12H24O2/c1-11(2,3)9-6-10(13)12(14)7-4-5-8-12/h10,13-14H,4-9H2,1-3H3. The van der Waals surface area contributed by atoms with E-state index in [2.05, 4.69) is 20.8 Å². The number of rotatable bonds is 3. The van der Waals surface area contributed by atoms with E-state index in [0.29, 0.717) is 0 Å². The minimum atomic E-state index is -0.773. The molecule has 0 saturated heterocycles. The van der Waals surface area contributed by atoms with Crippen molar-refractivity contribution in [2.45, 2.75) is 71.0 Å². The van der Waals surface area contributed by atoms with E-state index < -0.39 is 11.7 Å². The highest BCUT2D eigenvalue weighted by Gasteiger charge is 2.38. The predicted octanol–water partition coefficient (Wildman–Crippen LogP) is 2.48. The van der Waals surface area contributed by atoms with E-state index in [0.717, 1.165) is 38.5 Å². The van der Waals surface area contributed by atoms with Crippen molar-refractivity contribution in [2.24, 2.45) is 5.41 Å². The van der Waals surface area contributed by atoms with Gasteiger partial charge in [0.2, 0.25) is 0 Å². The van der Waals surface area contributed by atoms with Gasteiger partial charge < -0.3 is 10.2 Å². The zero-order valence-electron chi connectivity index (χ0n) is 9.71. The monoisotopic (exact) mass is 200 g/mol. The van der Waals surface area contributed by atoms with Gasteiger partial charge in [0.05, 0.1) is 11.7 Å². The minimum Gasteiger partial charge on any atom is -0.390 e. The van der Waals surface area contributed by atoms with Crippen LogP contribution in [-0.2, 0) is 0 Å². The second-order valence-electron chi connectivity index (χ2n) is 5.93. The molecule has 1 saturated carbocycles. The molecular weight excluding hydrogens is 176 g/mol. The van der Waals surface area contributed by atoms with Crippen molar-refractivity contribution in [3.8, 4) is 0 Å². The van der Waals surface area contributed by atoms with Gasteiger partial charge in [-0.3, -0.25) is 0 Å². The van der Waals surface area contributed by atoms with Gasteiger partial charge in [-0.25, -0.2) is 0 Å². The van der Waals surface area contributed by atoms with Gasteiger partial charge >= 0.3 is 0 Å². The third-order valence-corrected chi connectivity index (χ3v) is 3.26. The smallest absolute Gasteiger partial charge is 0.0905 e. The molecule has 0 heterocycles. The Balaban J connectivity index is 2.37. The lowest BCUT2D eigenvalue weighted by Crippen LogP contribution is -2.39. The average Bonchev–Trinajstić information content (AvgIpc) is 2.48. The maximum Gasteiger partial charge on any atom is 0.0905 e. The Morgan fingerprint density at radius 3 is 2.14 bits per heavy atom. The summed E-state index contributed by atoms with van der Waals surface area (Å²) >= 11 is 0. The topological polar surface area (TPSA) is 40.5 Å². The Hall–Kier alpha value is -0.0800. The van der Waals surface area contributed by atoms with Crippen molar-refractivity contribution in [3.63, 3.8) is 0 Å². The Morgan fingerprint density at radius 1 is 1.21 bits per heavy atom. The highest BCUT2D eigenvalue weighted by atomic mass is 16.3. The van der Waals surface area contributed by atoms with Gasteiger partial charge in [-0.1, -0.05) is 33.6 Å². The Bertz CT molecular complexity index is 175. The van der Waals surface area contributed by atoms with E-state index >= 15 is 0 Å². The fourth-order valence-corrected chi connectivity index (χ4v) is 2.16. The number of aliphatic hydroxyl groups is 2. The second-order valence-corrected chi connectivity index (χ2v) is 5.93. The van der Waals surface area contributed by atoms with Gasteiger partial charge in [-0.15, -0.1) is 0 Å². The molecule has 2 heteroatoms. The molecule has 1 rings (SSSR count). The van der Waals surface area contributed by atoms with Crippen LogP contribution in [0.3, 0.4) is 0 Å². The van der Waals surface area contributed by atoms with Crippen molar-refractivity contribution in [1.82, 2.24) is 0 Å². The zero-order valence-corrected chi connectivity index (χ0v) is 9.71. The lowest BCUT2D eigenvalue weighted by Gasteiger charge is -2.30. The molecule has 0 amide bonds. The van der Waals surface area contributed by atoms with Crippen LogP contribution in [0.1, 0.15) is 59.3 Å². The highest BCUT2D eigenvalue weighted by Crippen LogP contribution is 2.35. The second kappa shape index (κ2) is 4.19. The summed E-state index contributed by atoms with van der Waals surface area (Å²) < 4.78 is 0. The summed E-state index contributed by atoms with van der Waals surface area (Å²) in [5, 5.41) is 20.0. The van der Waals surface area contributed by atoms with Crippen LogP contribution in [-0.4, -0.2) is 21.9 Å². The Kier molecular flexibility index (Phi) is 3.59. The summed E-state index contributed by atoms with van der Waals surface area (Å²) in [5.41, 5.74) is -0.527. The molecule has 1 atom stereocenters. The van der Waals surface area contributed by atoms with Crippen molar-refractivity contribution < 1.29 is 10.2 Å². The van der Waals surface area contributed by atoms with E-state index in [1.807, 2.05) is 0 Å². The van der Waals surface area contributed by atoms with E-state index in [4.69, 9.17) is 0 Å². The summed E-state index contributed by atoms with van der Waals surface area (Å²) in [6.07, 6.45) is 4.84. The first-order chi connectivity index (χ1) is 6.33. The van der Waals surface area contributed by atoms with Gasteiger partial charge in [0.25, 0.3) is 0 Å². The Morgan fingerprint density at radius 2 is 1.71 bits per heavy atom. The van der Waals surface area contributed by atoms with Gasteiger partial charge in [0.15, 0.2) is 0 Å². The van der Waals surface area contributed by atoms with Crippen LogP contribution in [0.4, 0.5) is 0 Å². The first kappa shape index (κ1) is 12.0. The SMILES string of the molecule is CC(C)(C)CCC(O)C1(O)CCCC1. The van der Waals surface area contributed by atoms with Crippen LogP contribution >= 0.6 is 0 Å². The summed E-state index contributed by atoms with van der Waals surface area (Å²) in [4.78, 5) is 0. The van der Waals surface area contributed by atoms with Crippen LogP contribution in [0.15, 0.2) is 0 Å². The van der Waals surface area contributed by atoms with Gasteiger partial charge in [0.1, 0.15) is 0 Å². The molecular formula is C12H24O2. The molecule has 1 aliphatic carbocycles. The third kappa shape index (κ3) is 3.25. The lowest BCUT2D eigenvalue weighted by molar-refractivity contribution is -0.0761. The van der Waals surface area contributed by atoms with E-state index in [9.17, 15) is 10.2 Å². The molecule has 0 aromatic rings. The molecule has 0 radical (unpaired) electrons. The van der Waals surface area contributed by atoms with Crippen LogP contribution in [0.25, 0.3) is 0 Å². The predicted molar refractivity (Wildman–Crippen MR) is 58.1 cm³/mol. The molecule has 14 heavy (non-hydrogen) atoms. The van der Waals surface area contributed by atoms with Crippen molar-refractivity contribution in [3.05, 3.63) is 0 Å². The van der Waals surface area contributed by atoms with Gasteiger partial charge in [-0.2, -0.15) is 0 Å². The molecule has 0 aromatic heterocycles. The van der Waals surface area contributed by atoms with Crippen molar-refractivity contribution in [2.75, 3.05) is 0 Å². The summed E-state index contributed by atoms with van der Waals surface area (Å²) in [6.45, 7) is 6.50. The average molecular weight is 200 g/mol. The summed E-state index contributed by atoms with van der Waals surface area (Å²) in [7, 11) is 0. The third-order valence-electron chi connectivity index (χ3n) is 3.26.